The molecule has 2 aromatic rings. The Balaban J connectivity index is 1.75. The van der Waals surface area contributed by atoms with Gasteiger partial charge in [-0.2, -0.15) is 0 Å². The van der Waals surface area contributed by atoms with Gasteiger partial charge in [0.15, 0.2) is 6.10 Å². The van der Waals surface area contributed by atoms with E-state index in [9.17, 15) is 4.39 Å². The van der Waals surface area contributed by atoms with Crippen molar-refractivity contribution >= 4 is 5.71 Å². The molecule has 21 heavy (non-hydrogen) atoms. The summed E-state index contributed by atoms with van der Waals surface area (Å²) in [6, 6.07) is 15.0. The minimum atomic E-state index is -0.254. The Labute approximate surface area is 124 Å². The third-order valence-electron chi connectivity index (χ3n) is 3.83. The molecule has 2 nitrogen and oxygen atoms in total. The first kappa shape index (κ1) is 13.8. The Hall–Kier alpha value is -2.16. The van der Waals surface area contributed by atoms with Gasteiger partial charge in [0.2, 0.25) is 0 Å². The fraction of sp³-hybridized carbons (Fsp3) is 0.278. The van der Waals surface area contributed by atoms with E-state index in [1.165, 1.54) is 11.6 Å². The molecule has 1 aliphatic heterocycles. The van der Waals surface area contributed by atoms with Gasteiger partial charge < -0.3 is 4.84 Å². The average Bonchev–Trinajstić information content (AvgIpc) is 2.97. The van der Waals surface area contributed by atoms with E-state index in [4.69, 9.17) is 4.84 Å². The summed E-state index contributed by atoms with van der Waals surface area (Å²) in [4.78, 5) is 5.48. The van der Waals surface area contributed by atoms with Crippen LogP contribution in [0.1, 0.15) is 49.0 Å². The van der Waals surface area contributed by atoms with Crippen molar-refractivity contribution in [3.05, 3.63) is 71.0 Å². The number of halogens is 1. The van der Waals surface area contributed by atoms with Crippen LogP contribution >= 0.6 is 0 Å². The molecule has 0 radical (unpaired) electrons. The second kappa shape index (κ2) is 5.68. The molecule has 3 rings (SSSR count). The van der Waals surface area contributed by atoms with Crippen LogP contribution in [0, 0.1) is 5.82 Å². The predicted octanol–water partition coefficient (Wildman–Crippen LogP) is 4.81. The minimum absolute atomic E-state index is 0.124. The lowest BCUT2D eigenvalue weighted by Crippen LogP contribution is -2.03. The number of rotatable bonds is 3. The normalized spacial score (nSPS) is 17.7. The van der Waals surface area contributed by atoms with E-state index in [-0.39, 0.29) is 11.9 Å². The summed E-state index contributed by atoms with van der Waals surface area (Å²) in [5, 5.41) is 4.06. The number of oxime groups is 1. The van der Waals surface area contributed by atoms with E-state index in [1.54, 1.807) is 12.1 Å². The first-order valence-corrected chi connectivity index (χ1v) is 7.22. The van der Waals surface area contributed by atoms with E-state index < -0.39 is 0 Å². The van der Waals surface area contributed by atoms with Gasteiger partial charge in [0.1, 0.15) is 5.82 Å². The Morgan fingerprint density at radius 3 is 2.48 bits per heavy atom. The van der Waals surface area contributed by atoms with Gasteiger partial charge in [-0.3, -0.25) is 0 Å². The molecule has 0 N–H and O–H groups in total. The summed E-state index contributed by atoms with van der Waals surface area (Å²) >= 11 is 0. The summed E-state index contributed by atoms with van der Waals surface area (Å²) in [6.45, 7) is 4.33. The molecule has 1 atom stereocenters. The van der Waals surface area contributed by atoms with Crippen molar-refractivity contribution in [2.75, 3.05) is 0 Å². The Morgan fingerprint density at radius 1 is 1.10 bits per heavy atom. The smallest absolute Gasteiger partial charge is 0.158 e. The highest BCUT2D eigenvalue weighted by Crippen LogP contribution is 2.30. The Kier molecular flexibility index (Phi) is 3.74. The number of hydrogen-bond donors (Lipinski definition) is 0. The van der Waals surface area contributed by atoms with Gasteiger partial charge in [0.05, 0.1) is 5.71 Å². The molecule has 0 saturated carbocycles. The lowest BCUT2D eigenvalue weighted by molar-refractivity contribution is 0.0857. The van der Waals surface area contributed by atoms with Crippen molar-refractivity contribution in [3.8, 4) is 0 Å². The summed E-state index contributed by atoms with van der Waals surface area (Å²) in [6.07, 6.45) is 0.475. The van der Waals surface area contributed by atoms with Crippen molar-refractivity contribution in [3.63, 3.8) is 0 Å². The van der Waals surface area contributed by atoms with Gasteiger partial charge in [0.25, 0.3) is 0 Å². The van der Waals surface area contributed by atoms with Crippen molar-refractivity contribution in [1.82, 2.24) is 0 Å². The Bertz CT molecular complexity index is 661. The van der Waals surface area contributed by atoms with Gasteiger partial charge in [-0.25, -0.2) is 4.39 Å². The first-order chi connectivity index (χ1) is 10.1. The SMILES string of the molecule is CC(C)c1ccc(C2CC(c3ccccc3F)=NO2)cc1. The second-order valence-corrected chi connectivity index (χ2v) is 5.64. The van der Waals surface area contributed by atoms with E-state index in [1.807, 2.05) is 6.07 Å². The van der Waals surface area contributed by atoms with E-state index in [0.717, 1.165) is 5.56 Å². The van der Waals surface area contributed by atoms with Gasteiger partial charge in [0, 0.05) is 12.0 Å². The third kappa shape index (κ3) is 2.82. The highest BCUT2D eigenvalue weighted by Gasteiger charge is 2.25. The molecule has 1 unspecified atom stereocenters. The van der Waals surface area contributed by atoms with E-state index >= 15 is 0 Å². The van der Waals surface area contributed by atoms with Crippen LogP contribution in [0.4, 0.5) is 4.39 Å². The lowest BCUT2D eigenvalue weighted by atomic mass is 9.97. The fourth-order valence-corrected chi connectivity index (χ4v) is 2.51. The van der Waals surface area contributed by atoms with Crippen LogP contribution in [0.3, 0.4) is 0 Å². The molecular formula is C18H18FNO. The lowest BCUT2D eigenvalue weighted by Gasteiger charge is -2.11. The van der Waals surface area contributed by atoms with Crippen LogP contribution in [0.2, 0.25) is 0 Å². The van der Waals surface area contributed by atoms with E-state index in [2.05, 4.69) is 43.3 Å². The average molecular weight is 283 g/mol. The molecular weight excluding hydrogens is 265 g/mol. The predicted molar refractivity (Wildman–Crippen MR) is 81.9 cm³/mol. The van der Waals surface area contributed by atoms with Crippen LogP contribution in [-0.2, 0) is 4.84 Å². The molecule has 2 aromatic carbocycles. The minimum Gasteiger partial charge on any atom is -0.387 e. The van der Waals surface area contributed by atoms with Crippen molar-refractivity contribution < 1.29 is 9.23 Å². The van der Waals surface area contributed by atoms with Crippen molar-refractivity contribution in [2.24, 2.45) is 5.16 Å². The molecule has 0 saturated heterocycles. The topological polar surface area (TPSA) is 21.6 Å². The standard InChI is InChI=1S/C18H18FNO/c1-12(2)13-7-9-14(10-8-13)18-11-17(20-21-18)15-5-3-4-6-16(15)19/h3-10,12,18H,11H2,1-2H3. The maximum atomic E-state index is 13.8. The van der Waals surface area contributed by atoms with Crippen LogP contribution < -0.4 is 0 Å². The largest absolute Gasteiger partial charge is 0.387 e. The third-order valence-corrected chi connectivity index (χ3v) is 3.83. The summed E-state index contributed by atoms with van der Waals surface area (Å²) < 4.78 is 13.8. The molecule has 1 heterocycles. The molecule has 108 valence electrons. The maximum absolute atomic E-state index is 13.8. The first-order valence-electron chi connectivity index (χ1n) is 7.22. The molecule has 0 bridgehead atoms. The van der Waals surface area contributed by atoms with Crippen LogP contribution in [0.25, 0.3) is 0 Å². The van der Waals surface area contributed by atoms with Crippen LogP contribution in [0.15, 0.2) is 53.7 Å². The fourth-order valence-electron chi connectivity index (χ4n) is 2.51. The van der Waals surface area contributed by atoms with Crippen molar-refractivity contribution in [2.45, 2.75) is 32.3 Å². The highest BCUT2D eigenvalue weighted by atomic mass is 19.1. The molecule has 0 spiro atoms. The summed E-state index contributed by atoms with van der Waals surface area (Å²) in [7, 11) is 0. The second-order valence-electron chi connectivity index (χ2n) is 5.64. The molecule has 0 aliphatic carbocycles. The number of nitrogens with zero attached hydrogens (tertiary/aromatic N) is 1. The monoisotopic (exact) mass is 283 g/mol. The Morgan fingerprint density at radius 2 is 1.81 bits per heavy atom. The number of hydrogen-bond acceptors (Lipinski definition) is 2. The van der Waals surface area contributed by atoms with Gasteiger partial charge in [-0.1, -0.05) is 61.5 Å². The molecule has 0 fully saturated rings. The summed E-state index contributed by atoms with van der Waals surface area (Å²) in [5.41, 5.74) is 3.58. The molecule has 0 aromatic heterocycles. The highest BCUT2D eigenvalue weighted by molar-refractivity contribution is 6.01. The maximum Gasteiger partial charge on any atom is 0.158 e. The molecule has 1 aliphatic rings. The van der Waals surface area contributed by atoms with E-state index in [0.29, 0.717) is 23.6 Å². The zero-order valence-corrected chi connectivity index (χ0v) is 12.2. The van der Waals surface area contributed by atoms with Gasteiger partial charge in [-0.05, 0) is 23.1 Å². The number of benzene rings is 2. The quantitative estimate of drug-likeness (QED) is 0.791. The van der Waals surface area contributed by atoms with Crippen LogP contribution in [0.5, 0.6) is 0 Å². The summed E-state index contributed by atoms with van der Waals surface area (Å²) in [5.74, 6) is 0.254. The van der Waals surface area contributed by atoms with Crippen molar-refractivity contribution in [1.29, 1.82) is 0 Å². The van der Waals surface area contributed by atoms with Gasteiger partial charge >= 0.3 is 0 Å². The van der Waals surface area contributed by atoms with Gasteiger partial charge in [-0.15, -0.1) is 0 Å². The zero-order valence-electron chi connectivity index (χ0n) is 12.2. The molecule has 3 heteroatoms. The molecule has 0 amide bonds. The zero-order chi connectivity index (χ0) is 14.8. The van der Waals surface area contributed by atoms with Crippen LogP contribution in [-0.4, -0.2) is 5.71 Å².